The lowest BCUT2D eigenvalue weighted by Gasteiger charge is -2.06. The molecule has 0 saturated heterocycles. The first-order valence-corrected chi connectivity index (χ1v) is 7.20. The maximum absolute atomic E-state index is 13.0. The van der Waals surface area contributed by atoms with E-state index in [1.165, 1.54) is 17.8 Å². The van der Waals surface area contributed by atoms with Crippen molar-refractivity contribution in [3.8, 4) is 5.75 Å². The second-order valence-electron chi connectivity index (χ2n) is 4.20. The number of hydrogen-bond acceptors (Lipinski definition) is 3. The number of nitrogens with two attached hydrogens (primary N) is 1. The van der Waals surface area contributed by atoms with Crippen LogP contribution in [0.3, 0.4) is 0 Å². The normalized spacial score (nSPS) is 10.5. The van der Waals surface area contributed by atoms with E-state index in [9.17, 15) is 8.78 Å². The Balaban J connectivity index is 1.70. The third kappa shape index (κ3) is 4.42. The number of anilines is 1. The molecular formula is C15H15F2NOS. The molecular weight excluding hydrogens is 280 g/mol. The summed E-state index contributed by atoms with van der Waals surface area (Å²) in [5.74, 6) is -0.124. The Morgan fingerprint density at radius 2 is 1.90 bits per heavy atom. The number of rotatable bonds is 6. The molecule has 0 aliphatic rings. The highest BCUT2D eigenvalue weighted by molar-refractivity contribution is 7.99. The Hall–Kier alpha value is -1.75. The Labute approximate surface area is 120 Å². The number of ether oxygens (including phenoxy) is 1. The Bertz CT molecular complexity index is 578. The van der Waals surface area contributed by atoms with Gasteiger partial charge in [0.25, 0.3) is 0 Å². The van der Waals surface area contributed by atoms with Crippen molar-refractivity contribution in [3.05, 3.63) is 54.1 Å². The Kier molecular flexibility index (Phi) is 5.24. The molecule has 0 saturated carbocycles. The van der Waals surface area contributed by atoms with Gasteiger partial charge >= 0.3 is 0 Å². The van der Waals surface area contributed by atoms with Gasteiger partial charge in [-0.2, -0.15) is 0 Å². The van der Waals surface area contributed by atoms with Crippen LogP contribution >= 0.6 is 11.8 Å². The number of thioether (sulfide) groups is 1. The van der Waals surface area contributed by atoms with Gasteiger partial charge in [-0.3, -0.25) is 0 Å². The summed E-state index contributed by atoms with van der Waals surface area (Å²) in [5, 5.41) is 0. The second-order valence-corrected chi connectivity index (χ2v) is 5.37. The highest BCUT2D eigenvalue weighted by Gasteiger charge is 2.02. The molecule has 2 aromatic rings. The Morgan fingerprint density at radius 3 is 2.65 bits per heavy atom. The van der Waals surface area contributed by atoms with Crippen LogP contribution in [0.5, 0.6) is 5.75 Å². The third-order valence-electron chi connectivity index (χ3n) is 2.58. The zero-order valence-electron chi connectivity index (χ0n) is 10.8. The van der Waals surface area contributed by atoms with E-state index in [4.69, 9.17) is 10.5 Å². The Morgan fingerprint density at radius 1 is 1.05 bits per heavy atom. The van der Waals surface area contributed by atoms with E-state index in [0.29, 0.717) is 17.2 Å². The molecule has 0 bridgehead atoms. The molecule has 0 unspecified atom stereocenters. The van der Waals surface area contributed by atoms with Crippen LogP contribution in [0, 0.1) is 11.6 Å². The topological polar surface area (TPSA) is 35.2 Å². The van der Waals surface area contributed by atoms with Gasteiger partial charge in [-0.15, -0.1) is 11.8 Å². The molecule has 2 rings (SSSR count). The largest absolute Gasteiger partial charge is 0.493 e. The molecule has 0 heterocycles. The van der Waals surface area contributed by atoms with Gasteiger partial charge < -0.3 is 10.5 Å². The SMILES string of the molecule is Nc1cccc(OCCCSc2ccc(F)c(F)c2)c1. The van der Waals surface area contributed by atoms with Crippen LogP contribution in [0.1, 0.15) is 6.42 Å². The molecule has 0 radical (unpaired) electrons. The lowest BCUT2D eigenvalue weighted by Crippen LogP contribution is -1.99. The number of nitrogen functional groups attached to an aromatic ring is 1. The quantitative estimate of drug-likeness (QED) is 0.495. The monoisotopic (exact) mass is 295 g/mol. The highest BCUT2D eigenvalue weighted by atomic mass is 32.2. The van der Waals surface area contributed by atoms with Crippen LogP contribution in [-0.2, 0) is 0 Å². The van der Waals surface area contributed by atoms with Gasteiger partial charge in [0.05, 0.1) is 6.61 Å². The lowest BCUT2D eigenvalue weighted by atomic mass is 10.3. The molecule has 2 nitrogen and oxygen atoms in total. The van der Waals surface area contributed by atoms with E-state index in [0.717, 1.165) is 24.0 Å². The van der Waals surface area contributed by atoms with Gasteiger partial charge in [0.2, 0.25) is 0 Å². The minimum atomic E-state index is -0.820. The molecule has 0 spiro atoms. The van der Waals surface area contributed by atoms with Crippen molar-refractivity contribution in [1.82, 2.24) is 0 Å². The van der Waals surface area contributed by atoms with Crippen molar-refractivity contribution < 1.29 is 13.5 Å². The van der Waals surface area contributed by atoms with E-state index in [1.807, 2.05) is 12.1 Å². The van der Waals surface area contributed by atoms with Crippen LogP contribution in [0.4, 0.5) is 14.5 Å². The summed E-state index contributed by atoms with van der Waals surface area (Å²) in [6, 6.07) is 11.2. The summed E-state index contributed by atoms with van der Waals surface area (Å²) in [6.45, 7) is 0.556. The summed E-state index contributed by atoms with van der Waals surface area (Å²) in [5.41, 5.74) is 6.31. The molecule has 0 fully saturated rings. The minimum Gasteiger partial charge on any atom is -0.493 e. The highest BCUT2D eigenvalue weighted by Crippen LogP contribution is 2.21. The number of hydrogen-bond donors (Lipinski definition) is 1. The van der Waals surface area contributed by atoms with Crippen LogP contribution in [0.25, 0.3) is 0 Å². The van der Waals surface area contributed by atoms with E-state index in [1.54, 1.807) is 18.2 Å². The molecule has 2 N–H and O–H groups in total. The van der Waals surface area contributed by atoms with E-state index >= 15 is 0 Å². The smallest absolute Gasteiger partial charge is 0.159 e. The average Bonchev–Trinajstić information content (AvgIpc) is 2.42. The van der Waals surface area contributed by atoms with E-state index < -0.39 is 11.6 Å². The fourth-order valence-electron chi connectivity index (χ4n) is 1.61. The molecule has 0 aromatic heterocycles. The summed E-state index contributed by atoms with van der Waals surface area (Å²) >= 11 is 1.47. The average molecular weight is 295 g/mol. The lowest BCUT2D eigenvalue weighted by molar-refractivity contribution is 0.319. The molecule has 20 heavy (non-hydrogen) atoms. The predicted octanol–water partition coefficient (Wildman–Crippen LogP) is 4.11. The first kappa shape index (κ1) is 14.7. The van der Waals surface area contributed by atoms with Gasteiger partial charge in [0.1, 0.15) is 5.75 Å². The molecule has 2 aromatic carbocycles. The first-order chi connectivity index (χ1) is 9.65. The maximum atomic E-state index is 13.0. The molecule has 0 atom stereocenters. The standard InChI is InChI=1S/C15H15F2NOS/c16-14-6-5-13(10-15(14)17)20-8-2-7-19-12-4-1-3-11(18)9-12/h1,3-6,9-10H,2,7-8,18H2. The second kappa shape index (κ2) is 7.14. The van der Waals surface area contributed by atoms with Gasteiger partial charge in [-0.05, 0) is 36.8 Å². The van der Waals surface area contributed by atoms with Crippen molar-refractivity contribution in [3.63, 3.8) is 0 Å². The van der Waals surface area contributed by atoms with Gasteiger partial charge in [-0.25, -0.2) is 8.78 Å². The van der Waals surface area contributed by atoms with Crippen molar-refractivity contribution >= 4 is 17.4 Å². The van der Waals surface area contributed by atoms with Gasteiger partial charge in [-0.1, -0.05) is 6.07 Å². The summed E-state index contributed by atoms with van der Waals surface area (Å²) < 4.78 is 31.3. The zero-order valence-corrected chi connectivity index (χ0v) is 11.6. The number of benzene rings is 2. The summed E-state index contributed by atoms with van der Waals surface area (Å²) in [7, 11) is 0. The molecule has 0 amide bonds. The molecule has 5 heteroatoms. The van der Waals surface area contributed by atoms with E-state index in [-0.39, 0.29) is 0 Å². The number of halogens is 2. The molecule has 0 aliphatic heterocycles. The fourth-order valence-corrected chi connectivity index (χ4v) is 2.46. The van der Waals surface area contributed by atoms with Crippen molar-refractivity contribution in [2.45, 2.75) is 11.3 Å². The van der Waals surface area contributed by atoms with Crippen LogP contribution in [0.2, 0.25) is 0 Å². The van der Waals surface area contributed by atoms with E-state index in [2.05, 4.69) is 0 Å². The van der Waals surface area contributed by atoms with Crippen molar-refractivity contribution in [2.75, 3.05) is 18.1 Å². The summed E-state index contributed by atoms with van der Waals surface area (Å²) in [6.07, 6.45) is 0.804. The summed E-state index contributed by atoms with van der Waals surface area (Å²) in [4.78, 5) is 0.716. The molecule has 106 valence electrons. The fraction of sp³-hybridized carbons (Fsp3) is 0.200. The predicted molar refractivity (Wildman–Crippen MR) is 78.0 cm³/mol. The zero-order chi connectivity index (χ0) is 14.4. The first-order valence-electron chi connectivity index (χ1n) is 6.21. The van der Waals surface area contributed by atoms with Crippen LogP contribution < -0.4 is 10.5 Å². The van der Waals surface area contributed by atoms with Crippen LogP contribution in [-0.4, -0.2) is 12.4 Å². The minimum absolute atomic E-state index is 0.556. The van der Waals surface area contributed by atoms with Crippen LogP contribution in [0.15, 0.2) is 47.4 Å². The maximum Gasteiger partial charge on any atom is 0.159 e. The van der Waals surface area contributed by atoms with Crippen molar-refractivity contribution in [1.29, 1.82) is 0 Å². The van der Waals surface area contributed by atoms with Gasteiger partial charge in [0, 0.05) is 22.4 Å². The van der Waals surface area contributed by atoms with Gasteiger partial charge in [0.15, 0.2) is 11.6 Å². The molecule has 0 aliphatic carbocycles. The third-order valence-corrected chi connectivity index (χ3v) is 3.66. The van der Waals surface area contributed by atoms with Crippen molar-refractivity contribution in [2.24, 2.45) is 0 Å².